The molecule has 1 fully saturated rings. The van der Waals surface area contributed by atoms with Gasteiger partial charge in [0.25, 0.3) is 5.91 Å². The van der Waals surface area contributed by atoms with Crippen LogP contribution in [0.2, 0.25) is 5.02 Å². The van der Waals surface area contributed by atoms with Crippen LogP contribution >= 0.6 is 11.6 Å². The summed E-state index contributed by atoms with van der Waals surface area (Å²) in [6.45, 7) is 8.42. The van der Waals surface area contributed by atoms with E-state index >= 15 is 0 Å². The van der Waals surface area contributed by atoms with Gasteiger partial charge in [-0.05, 0) is 37.0 Å². The highest BCUT2D eigenvalue weighted by atomic mass is 35.5. The number of aromatic hydroxyl groups is 1. The van der Waals surface area contributed by atoms with Gasteiger partial charge in [-0.2, -0.15) is 0 Å². The first kappa shape index (κ1) is 19.2. The number of hydrogen-bond acceptors (Lipinski definition) is 5. The number of nitrogens with zero attached hydrogens (tertiary/aromatic N) is 3. The van der Waals surface area contributed by atoms with Crippen LogP contribution in [0.4, 0.5) is 11.4 Å². The number of nitrogens with one attached hydrogen (secondary N) is 1. The van der Waals surface area contributed by atoms with Crippen molar-refractivity contribution in [1.82, 2.24) is 10.2 Å². The van der Waals surface area contributed by atoms with Crippen LogP contribution in [0.5, 0.6) is 5.75 Å². The molecule has 0 unspecified atom stereocenters. The van der Waals surface area contributed by atoms with Crippen molar-refractivity contribution < 1.29 is 9.90 Å². The summed E-state index contributed by atoms with van der Waals surface area (Å²) >= 11 is 5.93. The Morgan fingerprint density at radius 3 is 2.67 bits per heavy atom. The highest BCUT2D eigenvalue weighted by Gasteiger charge is 2.18. The average molecular weight is 387 g/mol. The van der Waals surface area contributed by atoms with Gasteiger partial charge in [0.2, 0.25) is 0 Å². The molecule has 1 heterocycles. The van der Waals surface area contributed by atoms with Crippen LogP contribution in [0.15, 0.2) is 47.5 Å². The topological polar surface area (TPSA) is 68.2 Å². The predicted molar refractivity (Wildman–Crippen MR) is 110 cm³/mol. The maximum absolute atomic E-state index is 12.4. The molecule has 1 aliphatic heterocycles. The Bertz CT molecular complexity index is 819. The van der Waals surface area contributed by atoms with Crippen molar-refractivity contribution in [2.24, 2.45) is 4.99 Å². The number of rotatable bonds is 6. The van der Waals surface area contributed by atoms with Gasteiger partial charge in [-0.15, -0.1) is 0 Å². The number of carbonyl (C=O) groups excluding carboxylic acids is 1. The number of phenols is 1. The minimum atomic E-state index is -0.174. The molecule has 0 spiro atoms. The van der Waals surface area contributed by atoms with Gasteiger partial charge >= 0.3 is 0 Å². The minimum Gasteiger partial charge on any atom is -0.508 e. The van der Waals surface area contributed by atoms with Gasteiger partial charge in [0.05, 0.1) is 11.3 Å². The lowest BCUT2D eigenvalue weighted by Crippen LogP contribution is -2.48. The van der Waals surface area contributed by atoms with Crippen LogP contribution in [0, 0.1) is 0 Å². The third-order valence-corrected chi connectivity index (χ3v) is 4.89. The molecule has 0 aromatic heterocycles. The van der Waals surface area contributed by atoms with Gasteiger partial charge in [-0.1, -0.05) is 17.7 Å². The Hall–Kier alpha value is -2.57. The maximum Gasteiger partial charge on any atom is 0.253 e. The summed E-state index contributed by atoms with van der Waals surface area (Å²) in [6.07, 6.45) is 0. The standard InChI is InChI=1S/C20H23ClN4O2/c1-22-19-13-15(21)5-6-18(19)20(27)23-7-8-24-9-11-25(12-10-24)16-3-2-4-17(26)14-16/h2-6,13-14,26H,1,7-12H2,(H,23,27). The van der Waals surface area contributed by atoms with E-state index in [-0.39, 0.29) is 11.7 Å². The fraction of sp³-hybridized carbons (Fsp3) is 0.300. The van der Waals surface area contributed by atoms with E-state index < -0.39 is 0 Å². The average Bonchev–Trinajstić information content (AvgIpc) is 2.68. The number of phenolic OH excluding ortho intramolecular Hbond substituents is 1. The quantitative estimate of drug-likeness (QED) is 0.749. The van der Waals surface area contributed by atoms with E-state index in [4.69, 9.17) is 11.6 Å². The molecule has 0 atom stereocenters. The summed E-state index contributed by atoms with van der Waals surface area (Å²) in [5.74, 6) is 0.112. The number of halogens is 1. The van der Waals surface area contributed by atoms with Crippen molar-refractivity contribution in [3.8, 4) is 5.75 Å². The lowest BCUT2D eigenvalue weighted by Gasteiger charge is -2.36. The second-order valence-corrected chi connectivity index (χ2v) is 6.86. The first-order valence-corrected chi connectivity index (χ1v) is 9.25. The number of aliphatic imine (C=N–C) groups is 1. The highest BCUT2D eigenvalue weighted by Crippen LogP contribution is 2.23. The third kappa shape index (κ3) is 4.99. The van der Waals surface area contributed by atoms with Crippen LogP contribution in [0.25, 0.3) is 0 Å². The predicted octanol–water partition coefficient (Wildman–Crippen LogP) is 2.93. The van der Waals surface area contributed by atoms with Crippen LogP contribution in [0.3, 0.4) is 0 Å². The zero-order valence-corrected chi connectivity index (χ0v) is 15.8. The minimum absolute atomic E-state index is 0.174. The van der Waals surface area contributed by atoms with Crippen molar-refractivity contribution in [3.05, 3.63) is 53.1 Å². The molecule has 1 saturated heterocycles. The summed E-state index contributed by atoms with van der Waals surface area (Å²) in [4.78, 5) is 20.8. The number of anilines is 1. The molecule has 0 saturated carbocycles. The van der Waals surface area contributed by atoms with Gasteiger partial charge in [0, 0.05) is 56.0 Å². The number of piperazine rings is 1. The van der Waals surface area contributed by atoms with Gasteiger partial charge < -0.3 is 15.3 Å². The van der Waals surface area contributed by atoms with Gasteiger partial charge in [0.15, 0.2) is 0 Å². The van der Waals surface area contributed by atoms with Crippen molar-refractivity contribution in [1.29, 1.82) is 0 Å². The fourth-order valence-corrected chi connectivity index (χ4v) is 3.34. The van der Waals surface area contributed by atoms with Crippen LogP contribution in [-0.4, -0.2) is 61.9 Å². The molecule has 142 valence electrons. The van der Waals surface area contributed by atoms with E-state index in [1.807, 2.05) is 12.1 Å². The molecule has 1 aliphatic rings. The van der Waals surface area contributed by atoms with Gasteiger partial charge in [-0.25, -0.2) is 0 Å². The van der Waals surface area contributed by atoms with Crippen molar-refractivity contribution >= 4 is 35.6 Å². The summed E-state index contributed by atoms with van der Waals surface area (Å²) < 4.78 is 0. The van der Waals surface area contributed by atoms with Gasteiger partial charge in [0.1, 0.15) is 5.75 Å². The molecule has 6 nitrogen and oxygen atoms in total. The molecule has 27 heavy (non-hydrogen) atoms. The Labute approximate surface area is 164 Å². The molecule has 0 radical (unpaired) electrons. The number of amides is 1. The van der Waals surface area contributed by atoms with Crippen molar-refractivity contribution in [3.63, 3.8) is 0 Å². The number of carbonyl (C=O) groups is 1. The van der Waals surface area contributed by atoms with Crippen LogP contribution < -0.4 is 10.2 Å². The largest absolute Gasteiger partial charge is 0.508 e. The van der Waals surface area contributed by atoms with Crippen molar-refractivity contribution in [2.75, 3.05) is 44.2 Å². The fourth-order valence-electron chi connectivity index (χ4n) is 3.17. The Kier molecular flexibility index (Phi) is 6.32. The Morgan fingerprint density at radius 1 is 1.19 bits per heavy atom. The SMILES string of the molecule is C=Nc1cc(Cl)ccc1C(=O)NCCN1CCN(c2cccc(O)c2)CC1. The monoisotopic (exact) mass is 386 g/mol. The normalized spacial score (nSPS) is 14.8. The molecule has 0 aliphatic carbocycles. The Balaban J connectivity index is 1.45. The van der Waals surface area contributed by atoms with E-state index in [9.17, 15) is 9.90 Å². The molecule has 2 aromatic carbocycles. The summed E-state index contributed by atoms with van der Waals surface area (Å²) in [7, 11) is 0. The summed E-state index contributed by atoms with van der Waals surface area (Å²) in [6, 6.07) is 12.3. The lowest BCUT2D eigenvalue weighted by molar-refractivity contribution is 0.0948. The smallest absolute Gasteiger partial charge is 0.253 e. The highest BCUT2D eigenvalue weighted by molar-refractivity contribution is 6.31. The molecular weight excluding hydrogens is 364 g/mol. The lowest BCUT2D eigenvalue weighted by atomic mass is 10.1. The summed E-state index contributed by atoms with van der Waals surface area (Å²) in [5, 5.41) is 13.1. The number of benzene rings is 2. The molecule has 1 amide bonds. The first-order chi connectivity index (χ1) is 13.1. The van der Waals surface area contributed by atoms with Crippen LogP contribution in [-0.2, 0) is 0 Å². The second-order valence-electron chi connectivity index (χ2n) is 6.42. The first-order valence-electron chi connectivity index (χ1n) is 8.87. The molecule has 2 N–H and O–H groups in total. The van der Waals surface area contributed by atoms with Crippen molar-refractivity contribution in [2.45, 2.75) is 0 Å². The molecule has 2 aromatic rings. The molecular formula is C20H23ClN4O2. The molecule has 0 bridgehead atoms. The van der Waals surface area contributed by atoms with Gasteiger partial charge in [-0.3, -0.25) is 14.7 Å². The zero-order chi connectivity index (χ0) is 19.2. The zero-order valence-electron chi connectivity index (χ0n) is 15.1. The maximum atomic E-state index is 12.4. The van der Waals surface area contributed by atoms with E-state index in [2.05, 4.69) is 26.8 Å². The summed E-state index contributed by atoms with van der Waals surface area (Å²) in [5.41, 5.74) is 2.00. The van der Waals surface area contributed by atoms with E-state index in [0.717, 1.165) is 38.4 Å². The molecule has 3 rings (SSSR count). The molecule has 7 heteroatoms. The van der Waals surface area contributed by atoms with Crippen LogP contribution in [0.1, 0.15) is 10.4 Å². The second kappa shape index (κ2) is 8.88. The third-order valence-electron chi connectivity index (χ3n) is 4.66. The number of hydrogen-bond donors (Lipinski definition) is 2. The van der Waals surface area contributed by atoms with E-state index in [0.29, 0.717) is 22.8 Å². The van der Waals surface area contributed by atoms with E-state index in [1.165, 1.54) is 0 Å². The van der Waals surface area contributed by atoms with E-state index in [1.54, 1.807) is 30.3 Å². The Morgan fingerprint density at radius 2 is 1.96 bits per heavy atom.